The molecule has 0 saturated carbocycles. The summed E-state index contributed by atoms with van der Waals surface area (Å²) in [7, 11) is 0. The van der Waals surface area contributed by atoms with Gasteiger partial charge in [-0.3, -0.25) is 4.79 Å². The van der Waals surface area contributed by atoms with E-state index >= 15 is 0 Å². The Morgan fingerprint density at radius 2 is 2.31 bits per heavy atom. The maximum Gasteiger partial charge on any atom is 0.168 e. The largest absolute Gasteiger partial charge is 0.370 e. The van der Waals surface area contributed by atoms with Crippen molar-refractivity contribution < 1.29 is 4.79 Å². The number of fused-ring (bicyclic) bond motifs is 1. The summed E-state index contributed by atoms with van der Waals surface area (Å²) < 4.78 is 0. The van der Waals surface area contributed by atoms with Crippen molar-refractivity contribution in [1.29, 1.82) is 0 Å². The summed E-state index contributed by atoms with van der Waals surface area (Å²) in [6.45, 7) is 0.961. The van der Waals surface area contributed by atoms with E-state index in [1.54, 1.807) is 6.07 Å². The molecule has 13 heavy (non-hydrogen) atoms. The van der Waals surface area contributed by atoms with Gasteiger partial charge in [0.15, 0.2) is 6.29 Å². The first-order chi connectivity index (χ1) is 5.90. The van der Waals surface area contributed by atoms with E-state index in [4.69, 9.17) is 0 Å². The minimum Gasteiger partial charge on any atom is -0.370 e. The first-order valence-corrected chi connectivity index (χ1v) is 4.09. The van der Waals surface area contributed by atoms with Gasteiger partial charge >= 0.3 is 0 Å². The van der Waals surface area contributed by atoms with Gasteiger partial charge < -0.3 is 5.32 Å². The first kappa shape index (κ1) is 9.99. The normalized spacial score (nSPS) is 13.5. The molecule has 0 amide bonds. The number of carbonyl (C=O) groups is 1. The second-order valence-corrected chi connectivity index (χ2v) is 2.89. The summed E-state index contributed by atoms with van der Waals surface area (Å²) in [5.74, 6) is 0.880. The Morgan fingerprint density at radius 3 is 3.08 bits per heavy atom. The molecule has 0 unspecified atom stereocenters. The van der Waals surface area contributed by atoms with Crippen molar-refractivity contribution in [1.82, 2.24) is 4.98 Å². The summed E-state index contributed by atoms with van der Waals surface area (Å²) in [5.41, 5.74) is 1.72. The average Bonchev–Trinajstić information content (AvgIpc) is 2.17. The third-order valence-electron chi connectivity index (χ3n) is 2.04. The molecular weight excluding hydrogens is 188 g/mol. The Hall–Kier alpha value is -1.09. The van der Waals surface area contributed by atoms with Gasteiger partial charge in [0, 0.05) is 6.54 Å². The number of carbonyl (C=O) groups excluding carboxylic acids is 1. The van der Waals surface area contributed by atoms with Gasteiger partial charge in [-0.15, -0.1) is 12.4 Å². The van der Waals surface area contributed by atoms with E-state index in [-0.39, 0.29) is 12.4 Å². The number of rotatable bonds is 1. The van der Waals surface area contributed by atoms with Crippen LogP contribution in [0.1, 0.15) is 22.5 Å². The number of aryl methyl sites for hydroxylation is 1. The van der Waals surface area contributed by atoms with E-state index in [0.717, 1.165) is 31.5 Å². The van der Waals surface area contributed by atoms with E-state index in [1.165, 1.54) is 5.56 Å². The number of pyridine rings is 1. The molecule has 1 aliphatic heterocycles. The predicted molar refractivity (Wildman–Crippen MR) is 53.7 cm³/mol. The number of anilines is 1. The maximum atomic E-state index is 10.4. The van der Waals surface area contributed by atoms with Crippen LogP contribution in [0, 0.1) is 0 Å². The van der Waals surface area contributed by atoms with Crippen molar-refractivity contribution in [2.45, 2.75) is 12.8 Å². The SMILES string of the molecule is Cl.O=Cc1ccc2c(n1)NCCC2. The minimum atomic E-state index is 0. The molecule has 0 bridgehead atoms. The molecular formula is C9H11ClN2O. The lowest BCUT2D eigenvalue weighted by atomic mass is 10.1. The van der Waals surface area contributed by atoms with E-state index in [2.05, 4.69) is 10.3 Å². The van der Waals surface area contributed by atoms with E-state index in [0.29, 0.717) is 5.69 Å². The van der Waals surface area contributed by atoms with Gasteiger partial charge in [-0.05, 0) is 24.5 Å². The molecule has 0 fully saturated rings. The van der Waals surface area contributed by atoms with Gasteiger partial charge in [-0.2, -0.15) is 0 Å². The third-order valence-corrected chi connectivity index (χ3v) is 2.04. The topological polar surface area (TPSA) is 42.0 Å². The molecule has 1 N–H and O–H groups in total. The highest BCUT2D eigenvalue weighted by Gasteiger charge is 2.09. The van der Waals surface area contributed by atoms with Gasteiger partial charge in [-0.1, -0.05) is 6.07 Å². The third kappa shape index (κ3) is 1.98. The minimum absolute atomic E-state index is 0. The molecule has 0 radical (unpaired) electrons. The molecule has 1 aliphatic rings. The van der Waals surface area contributed by atoms with Crippen LogP contribution in [0.3, 0.4) is 0 Å². The number of halogens is 1. The molecule has 0 aromatic carbocycles. The van der Waals surface area contributed by atoms with Crippen LogP contribution in [0.2, 0.25) is 0 Å². The Bertz CT molecular complexity index is 314. The van der Waals surface area contributed by atoms with Crippen molar-refractivity contribution in [3.05, 3.63) is 23.4 Å². The monoisotopic (exact) mass is 198 g/mol. The smallest absolute Gasteiger partial charge is 0.168 e. The van der Waals surface area contributed by atoms with E-state index in [9.17, 15) is 4.79 Å². The Labute approximate surface area is 83.0 Å². The number of aldehydes is 1. The summed E-state index contributed by atoms with van der Waals surface area (Å²) in [6, 6.07) is 3.73. The van der Waals surface area contributed by atoms with Gasteiger partial charge in [0.2, 0.25) is 0 Å². The predicted octanol–water partition coefficient (Wildman–Crippen LogP) is 1.67. The molecule has 2 rings (SSSR count). The molecule has 0 spiro atoms. The van der Waals surface area contributed by atoms with Crippen LogP contribution in [-0.2, 0) is 6.42 Å². The van der Waals surface area contributed by atoms with Crippen molar-refractivity contribution in [3.63, 3.8) is 0 Å². The van der Waals surface area contributed by atoms with E-state index < -0.39 is 0 Å². The fourth-order valence-electron chi connectivity index (χ4n) is 1.41. The summed E-state index contributed by atoms with van der Waals surface area (Å²) >= 11 is 0. The molecule has 1 aromatic rings. The van der Waals surface area contributed by atoms with Crippen molar-refractivity contribution in [2.24, 2.45) is 0 Å². The highest BCUT2D eigenvalue weighted by atomic mass is 35.5. The summed E-state index contributed by atoms with van der Waals surface area (Å²) in [6.07, 6.45) is 2.99. The lowest BCUT2D eigenvalue weighted by Gasteiger charge is -2.16. The van der Waals surface area contributed by atoms with Gasteiger partial charge in [-0.25, -0.2) is 4.98 Å². The highest BCUT2D eigenvalue weighted by molar-refractivity contribution is 5.85. The Balaban J connectivity index is 0.000000845. The van der Waals surface area contributed by atoms with Crippen LogP contribution >= 0.6 is 12.4 Å². The zero-order valence-corrected chi connectivity index (χ0v) is 7.93. The van der Waals surface area contributed by atoms with Crippen LogP contribution in [0.25, 0.3) is 0 Å². The molecule has 3 nitrogen and oxygen atoms in total. The zero-order chi connectivity index (χ0) is 8.39. The summed E-state index contributed by atoms with van der Waals surface area (Å²) in [5, 5.41) is 3.17. The lowest BCUT2D eigenvalue weighted by Crippen LogP contribution is -2.13. The van der Waals surface area contributed by atoms with Gasteiger partial charge in [0.05, 0.1) is 0 Å². The highest BCUT2D eigenvalue weighted by Crippen LogP contribution is 2.18. The first-order valence-electron chi connectivity index (χ1n) is 4.09. The quantitative estimate of drug-likeness (QED) is 0.699. The molecule has 0 atom stereocenters. The van der Waals surface area contributed by atoms with Crippen molar-refractivity contribution >= 4 is 24.5 Å². The fourth-order valence-corrected chi connectivity index (χ4v) is 1.41. The zero-order valence-electron chi connectivity index (χ0n) is 7.12. The Kier molecular flexibility index (Phi) is 3.25. The van der Waals surface area contributed by atoms with Crippen LogP contribution in [0.5, 0.6) is 0 Å². The number of hydrogen-bond acceptors (Lipinski definition) is 3. The van der Waals surface area contributed by atoms with E-state index in [1.807, 2.05) is 6.07 Å². The maximum absolute atomic E-state index is 10.4. The molecule has 4 heteroatoms. The fraction of sp³-hybridized carbons (Fsp3) is 0.333. The summed E-state index contributed by atoms with van der Waals surface area (Å²) in [4.78, 5) is 14.6. The number of nitrogens with one attached hydrogen (secondary N) is 1. The number of hydrogen-bond donors (Lipinski definition) is 1. The number of nitrogens with zero attached hydrogens (tertiary/aromatic N) is 1. The Morgan fingerprint density at radius 1 is 1.46 bits per heavy atom. The van der Waals surface area contributed by atoms with Crippen LogP contribution in [0.15, 0.2) is 12.1 Å². The van der Waals surface area contributed by atoms with Crippen molar-refractivity contribution in [3.8, 4) is 0 Å². The molecule has 2 heterocycles. The van der Waals surface area contributed by atoms with Crippen LogP contribution < -0.4 is 5.32 Å². The molecule has 70 valence electrons. The molecule has 0 aliphatic carbocycles. The second kappa shape index (κ2) is 4.23. The van der Waals surface area contributed by atoms with Gasteiger partial charge in [0.25, 0.3) is 0 Å². The number of aromatic nitrogens is 1. The molecule has 0 saturated heterocycles. The van der Waals surface area contributed by atoms with Crippen LogP contribution in [0.4, 0.5) is 5.82 Å². The standard InChI is InChI=1S/C9H10N2O.ClH/c12-6-8-4-3-7-2-1-5-10-9(7)11-8;/h3-4,6H,1-2,5H2,(H,10,11);1H. The van der Waals surface area contributed by atoms with Crippen molar-refractivity contribution in [2.75, 3.05) is 11.9 Å². The lowest BCUT2D eigenvalue weighted by molar-refractivity contribution is 0.111. The molecule has 1 aromatic heterocycles. The average molecular weight is 199 g/mol. The van der Waals surface area contributed by atoms with Gasteiger partial charge in [0.1, 0.15) is 11.5 Å². The van der Waals surface area contributed by atoms with Crippen LogP contribution in [-0.4, -0.2) is 17.8 Å². The second-order valence-electron chi connectivity index (χ2n) is 2.89.